The standard InChI is InChI=1S/C57H70F6O8S6/c1-51(2,31-68-25-21-64-9)43-17-13-37(72-43)41-29-35(49(76-41)39-15-19-45(74-39)53(5,6)33-70-27-23-66-11)47-48(56(60,61)57(62,63)55(47,58)59)36-30-42(38-14-18-44(73-38)52(3,4)32-69-26-22-65-10)77-50(36)40-16-20-46(75-40)54(7,8)34-71-28-24-67-12/h13-20,29-30H,21-28,31-34H2,1-12H3. The van der Waals surface area contributed by atoms with Crippen LogP contribution in [0.2, 0.25) is 0 Å². The van der Waals surface area contributed by atoms with Crippen LogP contribution in [0.5, 0.6) is 0 Å². The zero-order valence-corrected chi connectivity index (χ0v) is 50.6. The Hall–Kier alpha value is -2.80. The summed E-state index contributed by atoms with van der Waals surface area (Å²) in [5, 5.41) is 0. The fraction of sp³-hybridized carbons (Fsp3) is 0.544. The van der Waals surface area contributed by atoms with Crippen molar-refractivity contribution in [1.82, 2.24) is 0 Å². The Balaban J connectivity index is 1.46. The van der Waals surface area contributed by atoms with E-state index in [1.54, 1.807) is 40.6 Å². The van der Waals surface area contributed by atoms with Gasteiger partial charge in [-0.3, -0.25) is 0 Å². The van der Waals surface area contributed by atoms with E-state index in [0.29, 0.717) is 109 Å². The van der Waals surface area contributed by atoms with Crippen LogP contribution < -0.4 is 0 Å². The van der Waals surface area contributed by atoms with E-state index < -0.39 is 50.6 Å². The number of methoxy groups -OCH3 is 4. The minimum Gasteiger partial charge on any atom is -0.382 e. The van der Waals surface area contributed by atoms with Crippen LogP contribution in [0, 0.1) is 0 Å². The van der Waals surface area contributed by atoms with Crippen molar-refractivity contribution in [2.24, 2.45) is 0 Å². The molecule has 6 heterocycles. The van der Waals surface area contributed by atoms with Crippen LogP contribution in [0.3, 0.4) is 0 Å². The molecule has 8 nitrogen and oxygen atoms in total. The number of halogens is 6. The van der Waals surface area contributed by atoms with Crippen LogP contribution in [0.1, 0.15) is 86.0 Å². The van der Waals surface area contributed by atoms with Crippen molar-refractivity contribution >= 4 is 79.2 Å². The molecule has 0 aliphatic heterocycles. The number of ether oxygens (including phenoxy) is 8. The van der Waals surface area contributed by atoms with E-state index in [-0.39, 0.29) is 20.9 Å². The van der Waals surface area contributed by atoms with Crippen LogP contribution >= 0.6 is 68.0 Å². The average Bonchev–Trinajstić information content (AvgIpc) is 4.32. The summed E-state index contributed by atoms with van der Waals surface area (Å²) in [6.45, 7) is 20.4. The molecule has 0 amide bonds. The van der Waals surface area contributed by atoms with Crippen LogP contribution in [0.25, 0.3) is 50.2 Å². The molecule has 0 unspecified atom stereocenters. The second-order valence-electron chi connectivity index (χ2n) is 21.6. The van der Waals surface area contributed by atoms with Gasteiger partial charge in [0.25, 0.3) is 0 Å². The maximum Gasteiger partial charge on any atom is 0.380 e. The molecule has 6 aromatic heterocycles. The fourth-order valence-electron chi connectivity index (χ4n) is 8.67. The van der Waals surface area contributed by atoms with Gasteiger partial charge in [-0.25, -0.2) is 0 Å². The topological polar surface area (TPSA) is 73.8 Å². The number of hydrogen-bond acceptors (Lipinski definition) is 14. The Bertz CT molecular complexity index is 2720. The molecule has 0 radical (unpaired) electrons. The highest BCUT2D eigenvalue weighted by molar-refractivity contribution is 7.27. The molecule has 6 aromatic rings. The molecular weight excluding hydrogens is 1120 g/mol. The number of hydrogen-bond donors (Lipinski definition) is 0. The van der Waals surface area contributed by atoms with Crippen molar-refractivity contribution in [2.45, 2.75) is 94.8 Å². The number of allylic oxidation sites excluding steroid dienone is 2. The van der Waals surface area contributed by atoms with E-state index in [2.05, 4.69) is 0 Å². The van der Waals surface area contributed by atoms with E-state index in [9.17, 15) is 0 Å². The number of thiophene rings is 6. The zero-order valence-electron chi connectivity index (χ0n) is 45.7. The molecule has 0 saturated heterocycles. The lowest BCUT2D eigenvalue weighted by molar-refractivity contribution is -0.254. The summed E-state index contributed by atoms with van der Waals surface area (Å²) in [6, 6.07) is 17.6. The minimum atomic E-state index is -5.82. The summed E-state index contributed by atoms with van der Waals surface area (Å²) in [5.41, 5.74) is -5.66. The van der Waals surface area contributed by atoms with Crippen molar-refractivity contribution < 1.29 is 64.2 Å². The van der Waals surface area contributed by atoms with Gasteiger partial charge in [0.15, 0.2) is 0 Å². The third-order valence-electron chi connectivity index (χ3n) is 13.3. The Morgan fingerprint density at radius 1 is 0.351 bits per heavy atom. The first-order valence-electron chi connectivity index (χ1n) is 25.1. The highest BCUT2D eigenvalue weighted by Gasteiger charge is 2.80. The average molecular weight is 1190 g/mol. The Morgan fingerprint density at radius 3 is 0.883 bits per heavy atom. The highest BCUT2D eigenvalue weighted by atomic mass is 32.1. The molecule has 7 rings (SSSR count). The molecule has 0 spiro atoms. The molecule has 20 heteroatoms. The van der Waals surface area contributed by atoms with Crippen molar-refractivity contribution in [2.75, 3.05) is 108 Å². The lowest BCUT2D eigenvalue weighted by Gasteiger charge is -2.26. The van der Waals surface area contributed by atoms with E-state index in [1.165, 1.54) is 57.5 Å². The quantitative estimate of drug-likeness (QED) is 0.0326. The number of alkyl halides is 6. The van der Waals surface area contributed by atoms with E-state index in [4.69, 9.17) is 37.9 Å². The Morgan fingerprint density at radius 2 is 0.610 bits per heavy atom. The highest BCUT2D eigenvalue weighted by Crippen LogP contribution is 2.68. The third kappa shape index (κ3) is 13.3. The van der Waals surface area contributed by atoms with Crippen LogP contribution in [0.15, 0.2) is 60.7 Å². The first-order valence-corrected chi connectivity index (χ1v) is 30.0. The molecule has 1 aliphatic rings. The van der Waals surface area contributed by atoms with Crippen molar-refractivity contribution in [3.63, 3.8) is 0 Å². The van der Waals surface area contributed by atoms with Gasteiger partial charge in [0.05, 0.1) is 89.0 Å². The van der Waals surface area contributed by atoms with Crippen LogP contribution in [0.4, 0.5) is 26.3 Å². The van der Waals surface area contributed by atoms with E-state index >= 15 is 26.3 Å². The normalized spacial score (nSPS) is 15.9. The minimum absolute atomic E-state index is 0.175. The summed E-state index contributed by atoms with van der Waals surface area (Å²) in [4.78, 5) is 7.02. The second-order valence-corrected chi connectivity index (χ2v) is 28.0. The molecule has 0 aromatic carbocycles. The number of rotatable bonds is 30. The molecular formula is C57H70F6O8S6. The third-order valence-corrected chi connectivity index (χ3v) is 22.1. The van der Waals surface area contributed by atoms with Gasteiger partial charge in [-0.15, -0.1) is 68.0 Å². The molecule has 1 aliphatic carbocycles. The maximum atomic E-state index is 17.5. The lowest BCUT2D eigenvalue weighted by Crippen LogP contribution is -2.48. The summed E-state index contributed by atoms with van der Waals surface area (Å²) in [6.07, 6.45) is 0. The summed E-state index contributed by atoms with van der Waals surface area (Å²) in [7, 11) is 6.34. The van der Waals surface area contributed by atoms with Gasteiger partial charge in [-0.05, 0) is 60.7 Å². The molecule has 0 N–H and O–H groups in total. The van der Waals surface area contributed by atoms with Gasteiger partial charge in [-0.2, -0.15) is 26.3 Å². The maximum absolute atomic E-state index is 17.5. The first-order chi connectivity index (χ1) is 36.3. The SMILES string of the molecule is COCCOCC(C)(C)c1ccc(-c2cc(C3=C(c4cc(-c5ccc(C(C)(C)COCCOC)s5)sc4-c4ccc(C(C)(C)COCCOC)s4)C(F)(F)C(F)(F)C3(F)F)c(-c3ccc(C(C)(C)COCCOC)s3)s2)s1. The van der Waals surface area contributed by atoms with Crippen LogP contribution in [-0.2, 0) is 59.6 Å². The van der Waals surface area contributed by atoms with Gasteiger partial charge in [-0.1, -0.05) is 55.4 Å². The molecule has 77 heavy (non-hydrogen) atoms. The molecule has 0 saturated carbocycles. The lowest BCUT2D eigenvalue weighted by atomic mass is 9.92. The monoisotopic (exact) mass is 1190 g/mol. The second kappa shape index (κ2) is 25.1. The largest absolute Gasteiger partial charge is 0.382 e. The summed E-state index contributed by atoms with van der Waals surface area (Å²) in [5.74, 6) is -16.5. The van der Waals surface area contributed by atoms with Gasteiger partial charge >= 0.3 is 17.8 Å². The smallest absolute Gasteiger partial charge is 0.380 e. The van der Waals surface area contributed by atoms with Crippen molar-refractivity contribution in [3.8, 4) is 39.0 Å². The van der Waals surface area contributed by atoms with Gasteiger partial charge < -0.3 is 37.9 Å². The van der Waals surface area contributed by atoms with Gasteiger partial charge in [0.1, 0.15) is 0 Å². The fourth-order valence-corrected chi connectivity index (χ4v) is 15.8. The van der Waals surface area contributed by atoms with Gasteiger partial charge in [0.2, 0.25) is 0 Å². The van der Waals surface area contributed by atoms with E-state index in [0.717, 1.165) is 42.2 Å². The zero-order chi connectivity index (χ0) is 56.2. The van der Waals surface area contributed by atoms with Gasteiger partial charge in [0, 0.05) is 121 Å². The molecule has 0 fully saturated rings. The Kier molecular flexibility index (Phi) is 20.2. The predicted molar refractivity (Wildman–Crippen MR) is 306 cm³/mol. The van der Waals surface area contributed by atoms with Crippen molar-refractivity contribution in [1.29, 1.82) is 0 Å². The summed E-state index contributed by atoms with van der Waals surface area (Å²) < 4.78 is 148. The van der Waals surface area contributed by atoms with E-state index in [1.807, 2.05) is 91.8 Å². The molecule has 424 valence electrons. The van der Waals surface area contributed by atoms with Crippen molar-refractivity contribution in [3.05, 3.63) is 91.3 Å². The summed E-state index contributed by atoms with van der Waals surface area (Å²) >= 11 is 7.63. The molecule has 0 bridgehead atoms. The first kappa shape index (κ1) is 61.8. The van der Waals surface area contributed by atoms with Crippen LogP contribution in [-0.4, -0.2) is 125 Å². The predicted octanol–water partition coefficient (Wildman–Crippen LogP) is 16.3. The molecule has 0 atom stereocenters. The Labute approximate surface area is 473 Å².